The minimum Gasteiger partial charge on any atom is -0.450 e. The Morgan fingerprint density at radius 3 is 2.67 bits per heavy atom. The fourth-order valence-corrected chi connectivity index (χ4v) is 3.80. The quantitative estimate of drug-likeness (QED) is 0.361. The zero-order valence-electron chi connectivity index (χ0n) is 14.4. The van der Waals surface area contributed by atoms with E-state index in [2.05, 4.69) is 27.0 Å². The predicted octanol–water partition coefficient (Wildman–Crippen LogP) is 6.14. The number of para-hydroxylation sites is 2. The van der Waals surface area contributed by atoms with E-state index in [1.807, 2.05) is 72.3 Å². The van der Waals surface area contributed by atoms with Crippen LogP contribution in [0.25, 0.3) is 22.7 Å². The SMILES string of the molecule is Cn1c(C(C#N)=Cc2ccc(Sc3ccc(Br)cc3)o2)nc2ccccc21. The normalized spacial score (nSPS) is 11.7. The lowest BCUT2D eigenvalue weighted by molar-refractivity contribution is 0.466. The maximum Gasteiger partial charge on any atom is 0.165 e. The summed E-state index contributed by atoms with van der Waals surface area (Å²) in [6, 6.07) is 21.9. The molecule has 27 heavy (non-hydrogen) atoms. The fourth-order valence-electron chi connectivity index (χ4n) is 2.76. The molecule has 0 spiro atoms. The molecule has 0 atom stereocenters. The zero-order valence-corrected chi connectivity index (χ0v) is 16.8. The number of imidazole rings is 1. The van der Waals surface area contributed by atoms with E-state index >= 15 is 0 Å². The number of aromatic nitrogens is 2. The lowest BCUT2D eigenvalue weighted by Crippen LogP contribution is -1.95. The number of hydrogen-bond donors (Lipinski definition) is 0. The van der Waals surface area contributed by atoms with Crippen LogP contribution in [0.5, 0.6) is 0 Å². The molecule has 0 aliphatic carbocycles. The molecule has 2 heterocycles. The van der Waals surface area contributed by atoms with Crippen LogP contribution in [-0.4, -0.2) is 9.55 Å². The predicted molar refractivity (Wildman–Crippen MR) is 111 cm³/mol. The number of aryl methyl sites for hydroxylation is 1. The van der Waals surface area contributed by atoms with Gasteiger partial charge in [0.1, 0.15) is 11.8 Å². The Morgan fingerprint density at radius 2 is 1.93 bits per heavy atom. The lowest BCUT2D eigenvalue weighted by Gasteiger charge is -2.00. The van der Waals surface area contributed by atoms with Crippen LogP contribution in [0.3, 0.4) is 0 Å². The second kappa shape index (κ2) is 7.47. The molecule has 0 saturated carbocycles. The van der Waals surface area contributed by atoms with Crippen LogP contribution in [0, 0.1) is 11.3 Å². The number of allylic oxidation sites excluding steroid dienone is 1. The molecule has 0 unspecified atom stereocenters. The number of nitriles is 1. The van der Waals surface area contributed by atoms with E-state index in [-0.39, 0.29) is 0 Å². The first-order valence-corrected chi connectivity index (χ1v) is 9.82. The Kier molecular flexibility index (Phi) is 4.88. The Balaban J connectivity index is 1.63. The zero-order chi connectivity index (χ0) is 18.8. The smallest absolute Gasteiger partial charge is 0.165 e. The molecule has 0 saturated heterocycles. The van der Waals surface area contributed by atoms with Crippen molar-refractivity contribution in [2.75, 3.05) is 0 Å². The first kappa shape index (κ1) is 17.7. The lowest BCUT2D eigenvalue weighted by atomic mass is 10.2. The van der Waals surface area contributed by atoms with Gasteiger partial charge in [0.25, 0.3) is 0 Å². The molecule has 0 N–H and O–H groups in total. The fraction of sp³-hybridized carbons (Fsp3) is 0.0476. The van der Waals surface area contributed by atoms with E-state index in [9.17, 15) is 5.26 Å². The van der Waals surface area contributed by atoms with Crippen molar-refractivity contribution in [2.45, 2.75) is 9.99 Å². The van der Waals surface area contributed by atoms with Crippen LogP contribution < -0.4 is 0 Å². The molecule has 4 aromatic rings. The molecule has 6 heteroatoms. The standard InChI is InChI=1S/C21H14BrN3OS/c1-25-19-5-3-2-4-18(19)24-21(25)14(13-23)12-16-8-11-20(26-16)27-17-9-6-15(22)7-10-17/h2-12H,1H3. The summed E-state index contributed by atoms with van der Waals surface area (Å²) in [5.41, 5.74) is 2.31. The second-order valence-electron chi connectivity index (χ2n) is 5.87. The van der Waals surface area contributed by atoms with Crippen molar-refractivity contribution in [3.05, 3.63) is 76.7 Å². The number of fused-ring (bicyclic) bond motifs is 1. The van der Waals surface area contributed by atoms with Crippen LogP contribution in [0.2, 0.25) is 0 Å². The van der Waals surface area contributed by atoms with Gasteiger partial charge in [-0.3, -0.25) is 0 Å². The average molecular weight is 436 g/mol. The first-order valence-electron chi connectivity index (χ1n) is 8.21. The Bertz CT molecular complexity index is 1180. The first-order chi connectivity index (χ1) is 13.1. The van der Waals surface area contributed by atoms with Crippen molar-refractivity contribution in [3.63, 3.8) is 0 Å². The van der Waals surface area contributed by atoms with Gasteiger partial charge in [-0.1, -0.05) is 39.8 Å². The van der Waals surface area contributed by atoms with E-state index in [1.54, 1.807) is 6.08 Å². The maximum absolute atomic E-state index is 9.64. The van der Waals surface area contributed by atoms with Gasteiger partial charge < -0.3 is 8.98 Å². The molecular weight excluding hydrogens is 422 g/mol. The topological polar surface area (TPSA) is 54.8 Å². The van der Waals surface area contributed by atoms with E-state index in [0.29, 0.717) is 17.2 Å². The van der Waals surface area contributed by atoms with E-state index < -0.39 is 0 Å². The molecule has 0 aliphatic heterocycles. The van der Waals surface area contributed by atoms with Crippen LogP contribution in [0.4, 0.5) is 0 Å². The monoisotopic (exact) mass is 435 g/mol. The highest BCUT2D eigenvalue weighted by Crippen LogP contribution is 2.31. The number of rotatable bonds is 4. The Labute approximate surface area is 169 Å². The molecule has 0 amide bonds. The van der Waals surface area contributed by atoms with Crippen molar-refractivity contribution < 1.29 is 4.42 Å². The van der Waals surface area contributed by atoms with Crippen LogP contribution in [0.15, 0.2) is 79.5 Å². The molecule has 4 nitrogen and oxygen atoms in total. The minimum atomic E-state index is 0.461. The third-order valence-corrected chi connectivity index (χ3v) is 5.53. The highest BCUT2D eigenvalue weighted by Gasteiger charge is 2.13. The van der Waals surface area contributed by atoms with Gasteiger partial charge in [0.05, 0.1) is 16.6 Å². The highest BCUT2D eigenvalue weighted by atomic mass is 79.9. The third kappa shape index (κ3) is 3.70. The van der Waals surface area contributed by atoms with Gasteiger partial charge >= 0.3 is 0 Å². The number of furan rings is 1. The molecule has 4 rings (SSSR count). The van der Waals surface area contributed by atoms with Crippen molar-refractivity contribution >= 4 is 50.4 Å². The molecule has 132 valence electrons. The summed E-state index contributed by atoms with van der Waals surface area (Å²) in [6.07, 6.45) is 1.73. The highest BCUT2D eigenvalue weighted by molar-refractivity contribution is 9.10. The van der Waals surface area contributed by atoms with Gasteiger partial charge in [-0.2, -0.15) is 5.26 Å². The van der Waals surface area contributed by atoms with Crippen molar-refractivity contribution in [2.24, 2.45) is 7.05 Å². The van der Waals surface area contributed by atoms with Crippen molar-refractivity contribution in [3.8, 4) is 6.07 Å². The molecule has 0 bridgehead atoms. The number of nitrogens with zero attached hydrogens (tertiary/aromatic N) is 3. The van der Waals surface area contributed by atoms with E-state index in [4.69, 9.17) is 4.42 Å². The van der Waals surface area contributed by atoms with Gasteiger partial charge in [0.2, 0.25) is 0 Å². The molecule has 2 aromatic heterocycles. The van der Waals surface area contributed by atoms with Gasteiger partial charge in [0, 0.05) is 22.5 Å². The summed E-state index contributed by atoms with van der Waals surface area (Å²) in [5, 5.41) is 10.4. The van der Waals surface area contributed by atoms with Gasteiger partial charge in [-0.15, -0.1) is 0 Å². The molecule has 0 fully saturated rings. The number of halogens is 1. The van der Waals surface area contributed by atoms with Gasteiger partial charge in [-0.25, -0.2) is 4.98 Å². The third-order valence-electron chi connectivity index (χ3n) is 4.07. The van der Waals surface area contributed by atoms with Gasteiger partial charge in [0.15, 0.2) is 10.9 Å². The minimum absolute atomic E-state index is 0.461. The van der Waals surface area contributed by atoms with Crippen LogP contribution >= 0.6 is 27.7 Å². The molecule has 2 aromatic carbocycles. The number of hydrogen-bond acceptors (Lipinski definition) is 4. The van der Waals surface area contributed by atoms with Gasteiger partial charge in [-0.05, 0) is 48.5 Å². The summed E-state index contributed by atoms with van der Waals surface area (Å²) < 4.78 is 8.83. The largest absolute Gasteiger partial charge is 0.450 e. The van der Waals surface area contributed by atoms with E-state index in [1.165, 1.54) is 11.8 Å². The second-order valence-corrected chi connectivity index (χ2v) is 7.86. The Morgan fingerprint density at radius 1 is 1.15 bits per heavy atom. The maximum atomic E-state index is 9.64. The van der Waals surface area contributed by atoms with Crippen molar-refractivity contribution in [1.82, 2.24) is 9.55 Å². The summed E-state index contributed by atoms with van der Waals surface area (Å²) >= 11 is 4.97. The summed E-state index contributed by atoms with van der Waals surface area (Å²) in [4.78, 5) is 5.67. The summed E-state index contributed by atoms with van der Waals surface area (Å²) in [7, 11) is 1.91. The Hall–Kier alpha value is -2.75. The molecular formula is C21H14BrN3OS. The molecule has 0 aliphatic rings. The van der Waals surface area contributed by atoms with E-state index in [0.717, 1.165) is 25.5 Å². The summed E-state index contributed by atoms with van der Waals surface area (Å²) in [5.74, 6) is 1.25. The number of benzene rings is 2. The van der Waals surface area contributed by atoms with Crippen molar-refractivity contribution in [1.29, 1.82) is 5.26 Å². The molecule has 0 radical (unpaired) electrons. The average Bonchev–Trinajstić information content (AvgIpc) is 3.26. The van der Waals surface area contributed by atoms with Crippen LogP contribution in [0.1, 0.15) is 11.6 Å². The van der Waals surface area contributed by atoms with Crippen LogP contribution in [-0.2, 0) is 7.05 Å². The summed E-state index contributed by atoms with van der Waals surface area (Å²) in [6.45, 7) is 0.